The van der Waals surface area contributed by atoms with E-state index in [1.54, 1.807) is 6.20 Å². The largest absolute Gasteiger partial charge is 0.264 e. The monoisotopic (exact) mass is 145 g/mol. The van der Waals surface area contributed by atoms with Crippen molar-refractivity contribution < 1.29 is 0 Å². The fourth-order valence-electron chi connectivity index (χ4n) is 0.752. The summed E-state index contributed by atoms with van der Waals surface area (Å²) in [5.41, 5.74) is 1.13. The number of allylic oxidation sites excluding steroid dienone is 3. The molecular formula is C10H11N. The maximum absolute atomic E-state index is 3.99. The second-order valence-electron chi connectivity index (χ2n) is 2.17. The van der Waals surface area contributed by atoms with Crippen molar-refractivity contribution >= 4 is 6.08 Å². The van der Waals surface area contributed by atoms with Crippen LogP contribution in [0.4, 0.5) is 0 Å². The molecule has 0 N–H and O–H groups in total. The zero-order valence-corrected chi connectivity index (χ0v) is 6.57. The van der Waals surface area contributed by atoms with Gasteiger partial charge >= 0.3 is 0 Å². The summed E-state index contributed by atoms with van der Waals surface area (Å²) in [7, 11) is 0. The molecule has 1 aromatic rings. The summed E-state index contributed by atoms with van der Waals surface area (Å²) < 4.78 is 0. The molecule has 0 aliphatic heterocycles. The lowest BCUT2D eigenvalue weighted by Crippen LogP contribution is -1.71. The van der Waals surface area contributed by atoms with E-state index < -0.39 is 0 Å². The average Bonchev–Trinajstić information content (AvgIpc) is 2.07. The van der Waals surface area contributed by atoms with E-state index in [2.05, 4.69) is 4.98 Å². The Hall–Kier alpha value is -1.37. The molecule has 0 unspecified atom stereocenters. The number of rotatable bonds is 2. The van der Waals surface area contributed by atoms with Crippen LogP contribution in [0.3, 0.4) is 0 Å². The first-order valence-electron chi connectivity index (χ1n) is 3.63. The maximum atomic E-state index is 3.99. The van der Waals surface area contributed by atoms with Gasteiger partial charge in [-0.1, -0.05) is 30.4 Å². The summed E-state index contributed by atoms with van der Waals surface area (Å²) >= 11 is 0. The molecule has 0 saturated heterocycles. The normalized spacial score (nSPS) is 11.4. The predicted molar refractivity (Wildman–Crippen MR) is 48.1 cm³/mol. The van der Waals surface area contributed by atoms with E-state index >= 15 is 0 Å². The SMILES string of the molecule is C/C=C/C=C/c1cccnc1. The van der Waals surface area contributed by atoms with E-state index in [-0.39, 0.29) is 0 Å². The van der Waals surface area contributed by atoms with E-state index in [1.807, 2.05) is 49.6 Å². The molecule has 56 valence electrons. The van der Waals surface area contributed by atoms with Crippen molar-refractivity contribution in [2.45, 2.75) is 6.92 Å². The molecule has 0 saturated carbocycles. The quantitative estimate of drug-likeness (QED) is 0.583. The molecule has 11 heavy (non-hydrogen) atoms. The Balaban J connectivity index is 2.64. The first kappa shape index (κ1) is 7.73. The molecule has 1 heteroatoms. The van der Waals surface area contributed by atoms with Crippen LogP contribution in [-0.2, 0) is 0 Å². The van der Waals surface area contributed by atoms with Crippen molar-refractivity contribution in [2.75, 3.05) is 0 Å². The molecule has 1 nitrogen and oxygen atoms in total. The highest BCUT2D eigenvalue weighted by molar-refractivity contribution is 5.49. The second-order valence-corrected chi connectivity index (χ2v) is 2.17. The van der Waals surface area contributed by atoms with E-state index in [1.165, 1.54) is 0 Å². The molecule has 0 aliphatic rings. The number of nitrogens with zero attached hydrogens (tertiary/aromatic N) is 1. The van der Waals surface area contributed by atoms with Crippen LogP contribution in [0.2, 0.25) is 0 Å². The molecule has 0 amide bonds. The van der Waals surface area contributed by atoms with Crippen molar-refractivity contribution in [2.24, 2.45) is 0 Å². The zero-order valence-electron chi connectivity index (χ0n) is 6.57. The van der Waals surface area contributed by atoms with Gasteiger partial charge in [0.15, 0.2) is 0 Å². The molecule has 0 radical (unpaired) electrons. The number of aromatic nitrogens is 1. The van der Waals surface area contributed by atoms with Gasteiger partial charge in [0.25, 0.3) is 0 Å². The van der Waals surface area contributed by atoms with Crippen molar-refractivity contribution in [1.29, 1.82) is 0 Å². The summed E-state index contributed by atoms with van der Waals surface area (Å²) in [6.45, 7) is 1.99. The summed E-state index contributed by atoms with van der Waals surface area (Å²) in [6.07, 6.45) is 11.6. The van der Waals surface area contributed by atoms with Crippen LogP contribution in [0, 0.1) is 0 Å². The maximum Gasteiger partial charge on any atom is 0.0340 e. The Kier molecular flexibility index (Phi) is 3.13. The smallest absolute Gasteiger partial charge is 0.0340 e. The lowest BCUT2D eigenvalue weighted by Gasteiger charge is -1.86. The van der Waals surface area contributed by atoms with E-state index in [0.29, 0.717) is 0 Å². The lowest BCUT2D eigenvalue weighted by atomic mass is 10.2. The third kappa shape index (κ3) is 2.80. The summed E-state index contributed by atoms with van der Waals surface area (Å²) in [5.74, 6) is 0. The van der Waals surface area contributed by atoms with Gasteiger partial charge in [-0.15, -0.1) is 0 Å². The third-order valence-electron chi connectivity index (χ3n) is 1.28. The van der Waals surface area contributed by atoms with Crippen LogP contribution in [0.25, 0.3) is 6.08 Å². The number of hydrogen-bond donors (Lipinski definition) is 0. The average molecular weight is 145 g/mol. The van der Waals surface area contributed by atoms with Crippen molar-refractivity contribution in [3.05, 3.63) is 48.3 Å². The van der Waals surface area contributed by atoms with Gasteiger partial charge in [-0.25, -0.2) is 0 Å². The Morgan fingerprint density at radius 3 is 2.91 bits per heavy atom. The Bertz CT molecular complexity index is 247. The summed E-state index contributed by atoms with van der Waals surface area (Å²) in [6, 6.07) is 3.95. The third-order valence-corrected chi connectivity index (χ3v) is 1.28. The Morgan fingerprint density at radius 2 is 2.27 bits per heavy atom. The molecule has 1 aromatic heterocycles. The molecule has 0 spiro atoms. The van der Waals surface area contributed by atoms with Crippen LogP contribution in [0.5, 0.6) is 0 Å². The number of pyridine rings is 1. The minimum absolute atomic E-state index is 1.13. The fraction of sp³-hybridized carbons (Fsp3) is 0.100. The second kappa shape index (κ2) is 4.45. The Labute approximate surface area is 67.1 Å². The minimum atomic E-state index is 1.13. The zero-order chi connectivity index (χ0) is 7.94. The van der Waals surface area contributed by atoms with Gasteiger partial charge in [-0.2, -0.15) is 0 Å². The lowest BCUT2D eigenvalue weighted by molar-refractivity contribution is 1.32. The topological polar surface area (TPSA) is 12.9 Å². The summed E-state index contributed by atoms with van der Waals surface area (Å²) in [4.78, 5) is 3.99. The van der Waals surface area contributed by atoms with Gasteiger partial charge in [-0.3, -0.25) is 4.98 Å². The molecule has 1 rings (SSSR count). The van der Waals surface area contributed by atoms with Gasteiger partial charge in [-0.05, 0) is 18.6 Å². The van der Waals surface area contributed by atoms with Gasteiger partial charge in [0.1, 0.15) is 0 Å². The molecule has 0 atom stereocenters. The van der Waals surface area contributed by atoms with Crippen LogP contribution >= 0.6 is 0 Å². The molecular weight excluding hydrogens is 134 g/mol. The first-order valence-corrected chi connectivity index (χ1v) is 3.63. The Morgan fingerprint density at radius 1 is 1.36 bits per heavy atom. The van der Waals surface area contributed by atoms with E-state index in [0.717, 1.165) is 5.56 Å². The van der Waals surface area contributed by atoms with Crippen LogP contribution in [-0.4, -0.2) is 4.98 Å². The van der Waals surface area contributed by atoms with Gasteiger partial charge in [0.05, 0.1) is 0 Å². The molecule has 0 aliphatic carbocycles. The van der Waals surface area contributed by atoms with E-state index in [4.69, 9.17) is 0 Å². The predicted octanol–water partition coefficient (Wildman–Crippen LogP) is 2.67. The van der Waals surface area contributed by atoms with Gasteiger partial charge in [0, 0.05) is 12.4 Å². The standard InChI is InChI=1S/C10H11N/c1-2-3-4-6-10-7-5-8-11-9-10/h2-9H,1H3/b3-2+,6-4+. The van der Waals surface area contributed by atoms with Gasteiger partial charge in [0.2, 0.25) is 0 Å². The highest BCUT2D eigenvalue weighted by Crippen LogP contribution is 1.97. The fourth-order valence-corrected chi connectivity index (χ4v) is 0.752. The van der Waals surface area contributed by atoms with E-state index in [9.17, 15) is 0 Å². The minimum Gasteiger partial charge on any atom is -0.264 e. The first-order chi connectivity index (χ1) is 5.43. The van der Waals surface area contributed by atoms with Crippen LogP contribution in [0.1, 0.15) is 12.5 Å². The molecule has 0 aromatic carbocycles. The van der Waals surface area contributed by atoms with Crippen LogP contribution in [0.15, 0.2) is 42.8 Å². The highest BCUT2D eigenvalue weighted by atomic mass is 14.6. The summed E-state index contributed by atoms with van der Waals surface area (Å²) in [5, 5.41) is 0. The van der Waals surface area contributed by atoms with Crippen LogP contribution < -0.4 is 0 Å². The van der Waals surface area contributed by atoms with Crippen molar-refractivity contribution in [3.8, 4) is 0 Å². The van der Waals surface area contributed by atoms with Crippen molar-refractivity contribution in [3.63, 3.8) is 0 Å². The van der Waals surface area contributed by atoms with Crippen molar-refractivity contribution in [1.82, 2.24) is 4.98 Å². The molecule has 0 fully saturated rings. The van der Waals surface area contributed by atoms with Gasteiger partial charge < -0.3 is 0 Å². The molecule has 1 heterocycles. The molecule has 0 bridgehead atoms. The highest BCUT2D eigenvalue weighted by Gasteiger charge is 1.79. The number of hydrogen-bond acceptors (Lipinski definition) is 1.